The van der Waals surface area contributed by atoms with Crippen molar-refractivity contribution < 1.29 is 37.3 Å². The normalized spacial score (nSPS) is 16.7. The Morgan fingerprint density at radius 3 is 2.37 bits per heavy atom. The van der Waals surface area contributed by atoms with Gasteiger partial charge in [0.15, 0.2) is 18.8 Å². The molecular formula is C28H28BF2NO6. The first-order valence-electron chi connectivity index (χ1n) is 12.2. The van der Waals surface area contributed by atoms with Crippen molar-refractivity contribution in [2.45, 2.75) is 38.9 Å². The molecule has 198 valence electrons. The molecule has 0 N–H and O–H groups in total. The minimum absolute atomic E-state index is 0.0671. The van der Waals surface area contributed by atoms with Crippen molar-refractivity contribution in [2.24, 2.45) is 0 Å². The van der Waals surface area contributed by atoms with Crippen molar-refractivity contribution >= 4 is 24.8 Å². The quantitative estimate of drug-likeness (QED) is 0.300. The molecule has 2 atom stereocenters. The van der Waals surface area contributed by atoms with E-state index in [1.54, 1.807) is 25.1 Å². The van der Waals surface area contributed by atoms with Crippen LogP contribution in [0.2, 0.25) is 6.82 Å². The standard InChI is InChI=1S/C28H28BF2NO6/c1-16-27(18-12-21(30)14-22(31)13-18)38-28(34)32(16)15-19-11-20(29-2)6-8-23(19)37-25-9-17(10-26(33)36-4)5-7-24(25)35-3/h5-9,11-14,16,27,29H,10,15H2,1-4H3/t16-,27-/m1/s1. The number of ether oxygens (including phenoxy) is 4. The average molecular weight is 523 g/mol. The number of nitrogens with zero attached hydrogens (tertiary/aromatic N) is 1. The summed E-state index contributed by atoms with van der Waals surface area (Å²) in [4.78, 5) is 26.1. The van der Waals surface area contributed by atoms with Crippen molar-refractivity contribution in [3.05, 3.63) is 82.9 Å². The van der Waals surface area contributed by atoms with Crippen LogP contribution in [0.5, 0.6) is 17.2 Å². The van der Waals surface area contributed by atoms with Gasteiger partial charge in [0.05, 0.1) is 33.2 Å². The summed E-state index contributed by atoms with van der Waals surface area (Å²) in [6.07, 6.45) is -1.36. The van der Waals surface area contributed by atoms with Gasteiger partial charge in [-0.3, -0.25) is 9.69 Å². The number of amides is 1. The van der Waals surface area contributed by atoms with Crippen molar-refractivity contribution in [3.8, 4) is 17.2 Å². The lowest BCUT2D eigenvalue weighted by atomic mass is 9.73. The minimum atomic E-state index is -0.832. The number of carbonyl (C=O) groups excluding carboxylic acids is 2. The van der Waals surface area contributed by atoms with Crippen LogP contribution in [0.15, 0.2) is 54.6 Å². The van der Waals surface area contributed by atoms with Crippen LogP contribution in [0.1, 0.15) is 29.7 Å². The topological polar surface area (TPSA) is 74.3 Å². The Kier molecular flexibility index (Phi) is 8.19. The molecule has 0 spiro atoms. The second kappa shape index (κ2) is 11.5. The van der Waals surface area contributed by atoms with Gasteiger partial charge in [-0.2, -0.15) is 0 Å². The van der Waals surface area contributed by atoms with Gasteiger partial charge >= 0.3 is 12.1 Å². The van der Waals surface area contributed by atoms with Crippen LogP contribution in [0.4, 0.5) is 13.6 Å². The Bertz CT molecular complexity index is 1330. The molecule has 1 heterocycles. The van der Waals surface area contributed by atoms with Crippen LogP contribution >= 0.6 is 0 Å². The van der Waals surface area contributed by atoms with Gasteiger partial charge in [0.1, 0.15) is 23.5 Å². The third kappa shape index (κ3) is 5.90. The second-order valence-electron chi connectivity index (χ2n) is 9.01. The van der Waals surface area contributed by atoms with E-state index in [1.807, 2.05) is 25.0 Å². The van der Waals surface area contributed by atoms with Gasteiger partial charge in [-0.25, -0.2) is 13.6 Å². The van der Waals surface area contributed by atoms with Gasteiger partial charge in [-0.1, -0.05) is 30.5 Å². The molecule has 1 fully saturated rings. The molecule has 0 unspecified atom stereocenters. The van der Waals surface area contributed by atoms with E-state index in [4.69, 9.17) is 18.9 Å². The Labute approximate surface area is 220 Å². The van der Waals surface area contributed by atoms with Crippen molar-refractivity contribution in [2.75, 3.05) is 14.2 Å². The van der Waals surface area contributed by atoms with E-state index in [9.17, 15) is 18.4 Å². The molecule has 0 radical (unpaired) electrons. The van der Waals surface area contributed by atoms with Crippen LogP contribution in [-0.2, 0) is 27.2 Å². The summed E-state index contributed by atoms with van der Waals surface area (Å²) in [5.41, 5.74) is 2.67. The number of cyclic esters (lactones) is 1. The second-order valence-corrected chi connectivity index (χ2v) is 9.01. The molecule has 4 rings (SSSR count). The largest absolute Gasteiger partial charge is 0.493 e. The molecule has 0 aromatic heterocycles. The maximum absolute atomic E-state index is 13.8. The molecule has 3 aromatic carbocycles. The monoisotopic (exact) mass is 523 g/mol. The zero-order valence-corrected chi connectivity index (χ0v) is 21.6. The average Bonchev–Trinajstić information content (AvgIpc) is 3.17. The van der Waals surface area contributed by atoms with E-state index in [0.717, 1.165) is 18.8 Å². The van der Waals surface area contributed by atoms with Crippen LogP contribution in [0.3, 0.4) is 0 Å². The van der Waals surface area contributed by atoms with Gasteiger partial charge < -0.3 is 18.9 Å². The Morgan fingerprint density at radius 2 is 1.71 bits per heavy atom. The highest BCUT2D eigenvalue weighted by Gasteiger charge is 2.40. The smallest absolute Gasteiger partial charge is 0.411 e. The number of benzene rings is 3. The van der Waals surface area contributed by atoms with Gasteiger partial charge in [-0.05, 0) is 42.8 Å². The highest BCUT2D eigenvalue weighted by atomic mass is 19.1. The lowest BCUT2D eigenvalue weighted by Crippen LogP contribution is -2.32. The fraction of sp³-hybridized carbons (Fsp3) is 0.286. The predicted octanol–water partition coefficient (Wildman–Crippen LogP) is 4.67. The van der Waals surface area contributed by atoms with E-state index in [1.165, 1.54) is 31.3 Å². The van der Waals surface area contributed by atoms with Crippen LogP contribution in [0.25, 0.3) is 0 Å². The number of esters is 1. The van der Waals surface area contributed by atoms with Crippen molar-refractivity contribution in [1.82, 2.24) is 4.90 Å². The fourth-order valence-corrected chi connectivity index (χ4v) is 4.43. The lowest BCUT2D eigenvalue weighted by Gasteiger charge is -2.23. The molecule has 1 amide bonds. The molecule has 7 nitrogen and oxygen atoms in total. The van der Waals surface area contributed by atoms with Crippen molar-refractivity contribution in [1.29, 1.82) is 0 Å². The highest BCUT2D eigenvalue weighted by molar-refractivity contribution is 6.51. The van der Waals surface area contributed by atoms with Gasteiger partial charge in [0.25, 0.3) is 0 Å². The van der Waals surface area contributed by atoms with Gasteiger partial charge in [-0.15, -0.1) is 0 Å². The summed E-state index contributed by atoms with van der Waals surface area (Å²) in [7, 11) is 3.60. The summed E-state index contributed by atoms with van der Waals surface area (Å²) in [6, 6.07) is 13.4. The number of methoxy groups -OCH3 is 2. The van der Waals surface area contributed by atoms with E-state index in [0.29, 0.717) is 28.4 Å². The maximum atomic E-state index is 13.8. The molecule has 10 heteroatoms. The molecule has 3 aromatic rings. The molecule has 0 aliphatic carbocycles. The minimum Gasteiger partial charge on any atom is -0.493 e. The Balaban J connectivity index is 1.63. The summed E-state index contributed by atoms with van der Waals surface area (Å²) >= 11 is 0. The molecule has 0 saturated carbocycles. The third-order valence-corrected chi connectivity index (χ3v) is 6.50. The van der Waals surface area contributed by atoms with Crippen LogP contribution in [-0.4, -0.2) is 44.5 Å². The summed E-state index contributed by atoms with van der Waals surface area (Å²) < 4.78 is 49.6. The zero-order valence-electron chi connectivity index (χ0n) is 21.6. The van der Waals surface area contributed by atoms with E-state index >= 15 is 0 Å². The first kappa shape index (κ1) is 27.0. The van der Waals surface area contributed by atoms with Crippen LogP contribution < -0.4 is 14.9 Å². The third-order valence-electron chi connectivity index (χ3n) is 6.50. The van der Waals surface area contributed by atoms with Gasteiger partial charge in [0.2, 0.25) is 0 Å². The first-order chi connectivity index (χ1) is 18.2. The number of rotatable bonds is 9. The van der Waals surface area contributed by atoms with E-state index in [-0.39, 0.29) is 24.5 Å². The van der Waals surface area contributed by atoms with Crippen LogP contribution in [0, 0.1) is 11.6 Å². The summed E-state index contributed by atoms with van der Waals surface area (Å²) in [5.74, 6) is -0.525. The predicted molar refractivity (Wildman–Crippen MR) is 138 cm³/mol. The number of hydrogen-bond donors (Lipinski definition) is 0. The van der Waals surface area contributed by atoms with E-state index < -0.39 is 29.9 Å². The Hall–Kier alpha value is -4.08. The zero-order chi connectivity index (χ0) is 27.4. The molecule has 38 heavy (non-hydrogen) atoms. The summed E-state index contributed by atoms with van der Waals surface area (Å²) in [5, 5.41) is 0. The fourth-order valence-electron chi connectivity index (χ4n) is 4.43. The molecule has 1 saturated heterocycles. The lowest BCUT2D eigenvalue weighted by molar-refractivity contribution is -0.139. The number of halogens is 2. The maximum Gasteiger partial charge on any atom is 0.411 e. The molecular weight excluding hydrogens is 495 g/mol. The van der Waals surface area contributed by atoms with Gasteiger partial charge in [0, 0.05) is 17.2 Å². The van der Waals surface area contributed by atoms with E-state index in [2.05, 4.69) is 0 Å². The SMILES string of the molecule is CBc1ccc(Oc2cc(CC(=O)OC)ccc2OC)c(CN2C(=O)O[C@@H](c3cc(F)cc(F)c3)[C@H]2C)c1. The van der Waals surface area contributed by atoms with Crippen molar-refractivity contribution in [3.63, 3.8) is 0 Å². The molecule has 0 bridgehead atoms. The first-order valence-corrected chi connectivity index (χ1v) is 12.2. The number of hydrogen-bond acceptors (Lipinski definition) is 6. The Morgan fingerprint density at radius 1 is 1.00 bits per heavy atom. The summed E-state index contributed by atoms with van der Waals surface area (Å²) in [6.45, 7) is 3.92. The number of carbonyl (C=O) groups is 2. The molecule has 1 aliphatic rings. The molecule has 1 aliphatic heterocycles. The highest BCUT2D eigenvalue weighted by Crippen LogP contribution is 2.37.